The van der Waals surface area contributed by atoms with E-state index in [4.69, 9.17) is 5.11 Å². The Hall–Kier alpha value is -2.02. The number of carboxylic acids is 1. The molecule has 6 nitrogen and oxygen atoms in total. The van der Waals surface area contributed by atoms with E-state index in [1.54, 1.807) is 47.9 Å². The van der Waals surface area contributed by atoms with Gasteiger partial charge in [-0.15, -0.1) is 11.8 Å². The van der Waals surface area contributed by atoms with E-state index in [1.807, 2.05) is 6.92 Å². The van der Waals surface area contributed by atoms with Gasteiger partial charge in [0.25, 0.3) is 0 Å². The average molecular weight is 350 g/mol. The molecule has 0 aromatic heterocycles. The lowest BCUT2D eigenvalue weighted by molar-refractivity contribution is -0.138. The third kappa shape index (κ3) is 4.29. The Balaban J connectivity index is 2.01. The fourth-order valence-electron chi connectivity index (χ4n) is 2.49. The van der Waals surface area contributed by atoms with Crippen molar-refractivity contribution in [2.45, 2.75) is 38.6 Å². The highest BCUT2D eigenvalue weighted by Crippen LogP contribution is 2.24. The second kappa shape index (κ2) is 8.19. The van der Waals surface area contributed by atoms with Gasteiger partial charge in [0.2, 0.25) is 11.8 Å². The quantitative estimate of drug-likeness (QED) is 0.823. The topological polar surface area (TPSA) is 86.7 Å². The van der Waals surface area contributed by atoms with E-state index in [0.717, 1.165) is 6.42 Å². The molecule has 1 fully saturated rings. The van der Waals surface area contributed by atoms with Crippen molar-refractivity contribution >= 4 is 35.2 Å². The molecule has 1 aromatic carbocycles. The van der Waals surface area contributed by atoms with Gasteiger partial charge in [0.1, 0.15) is 6.04 Å². The molecule has 1 aromatic rings. The number of carbonyl (C=O) groups excluding carboxylic acids is 2. The van der Waals surface area contributed by atoms with Gasteiger partial charge < -0.3 is 15.3 Å². The fraction of sp³-hybridized carbons (Fsp3) is 0.471. The summed E-state index contributed by atoms with van der Waals surface area (Å²) in [6.07, 6.45) is 1.21. The molecule has 2 N–H and O–H groups in total. The van der Waals surface area contributed by atoms with Gasteiger partial charge in [-0.25, -0.2) is 0 Å². The first-order valence-electron chi connectivity index (χ1n) is 7.95. The molecule has 1 aliphatic heterocycles. The number of hydrogen-bond donors (Lipinski definition) is 2. The van der Waals surface area contributed by atoms with Crippen molar-refractivity contribution in [3.05, 3.63) is 29.8 Å². The van der Waals surface area contributed by atoms with Crippen LogP contribution >= 0.6 is 11.8 Å². The predicted molar refractivity (Wildman–Crippen MR) is 94.0 cm³/mol. The molecular formula is C17H22N2O4S. The van der Waals surface area contributed by atoms with Crippen LogP contribution in [0, 0.1) is 0 Å². The van der Waals surface area contributed by atoms with Crippen LogP contribution in [0.3, 0.4) is 0 Å². The number of amides is 2. The van der Waals surface area contributed by atoms with E-state index in [-0.39, 0.29) is 11.8 Å². The lowest BCUT2D eigenvalue weighted by Crippen LogP contribution is -2.44. The third-order valence-corrected chi connectivity index (χ3v) is 5.03. The Kier molecular flexibility index (Phi) is 6.25. The molecule has 0 bridgehead atoms. The first kappa shape index (κ1) is 18.3. The van der Waals surface area contributed by atoms with Crippen LogP contribution in [0.25, 0.3) is 0 Å². The molecule has 1 heterocycles. The van der Waals surface area contributed by atoms with E-state index >= 15 is 0 Å². The number of rotatable bonds is 6. The SMILES string of the molecule is CCCC(=O)N1CSCC1C(=O)Nc1ccc(C(C)C(=O)O)cc1. The zero-order chi connectivity index (χ0) is 17.7. The molecule has 2 atom stereocenters. The van der Waals surface area contributed by atoms with Crippen LogP contribution in [0.15, 0.2) is 24.3 Å². The molecule has 2 rings (SSSR count). The molecule has 0 aliphatic carbocycles. The first-order valence-corrected chi connectivity index (χ1v) is 9.10. The maximum absolute atomic E-state index is 12.4. The Bertz CT molecular complexity index is 618. The van der Waals surface area contributed by atoms with Gasteiger partial charge in [0.15, 0.2) is 0 Å². The van der Waals surface area contributed by atoms with Gasteiger partial charge in [-0.2, -0.15) is 0 Å². The largest absolute Gasteiger partial charge is 0.481 e. The van der Waals surface area contributed by atoms with Gasteiger partial charge in [-0.1, -0.05) is 19.1 Å². The highest BCUT2D eigenvalue weighted by atomic mass is 32.2. The van der Waals surface area contributed by atoms with Gasteiger partial charge in [-0.05, 0) is 31.0 Å². The second-order valence-electron chi connectivity index (χ2n) is 5.80. The molecule has 0 spiro atoms. The summed E-state index contributed by atoms with van der Waals surface area (Å²) in [5.41, 5.74) is 1.28. The van der Waals surface area contributed by atoms with Crippen LogP contribution < -0.4 is 5.32 Å². The summed E-state index contributed by atoms with van der Waals surface area (Å²) in [6.45, 7) is 3.55. The molecule has 24 heavy (non-hydrogen) atoms. The van der Waals surface area contributed by atoms with E-state index in [1.165, 1.54) is 0 Å². The molecular weight excluding hydrogens is 328 g/mol. The summed E-state index contributed by atoms with van der Waals surface area (Å²) in [5, 5.41) is 11.8. The minimum absolute atomic E-state index is 0.00767. The van der Waals surface area contributed by atoms with Crippen LogP contribution in [0.5, 0.6) is 0 Å². The summed E-state index contributed by atoms with van der Waals surface area (Å²) >= 11 is 1.57. The van der Waals surface area contributed by atoms with E-state index in [9.17, 15) is 14.4 Å². The zero-order valence-electron chi connectivity index (χ0n) is 13.8. The Morgan fingerprint density at radius 2 is 2.00 bits per heavy atom. The molecule has 2 amide bonds. The van der Waals surface area contributed by atoms with Crippen LogP contribution in [-0.4, -0.2) is 45.5 Å². The molecule has 130 valence electrons. The number of hydrogen-bond acceptors (Lipinski definition) is 4. The van der Waals surface area contributed by atoms with E-state index < -0.39 is 17.9 Å². The van der Waals surface area contributed by atoms with Crippen LogP contribution in [0.2, 0.25) is 0 Å². The van der Waals surface area contributed by atoms with Gasteiger partial charge >= 0.3 is 5.97 Å². The van der Waals surface area contributed by atoms with Gasteiger partial charge in [0, 0.05) is 17.9 Å². The predicted octanol–water partition coefficient (Wildman–Crippen LogP) is 2.51. The van der Waals surface area contributed by atoms with Crippen molar-refractivity contribution in [2.24, 2.45) is 0 Å². The number of nitrogens with one attached hydrogen (secondary N) is 1. The lowest BCUT2D eigenvalue weighted by atomic mass is 10.0. The number of anilines is 1. The van der Waals surface area contributed by atoms with Crippen molar-refractivity contribution in [3.8, 4) is 0 Å². The summed E-state index contributed by atoms with van der Waals surface area (Å²) in [6, 6.07) is 6.31. The molecule has 2 unspecified atom stereocenters. The fourth-order valence-corrected chi connectivity index (χ4v) is 3.67. The summed E-state index contributed by atoms with van der Waals surface area (Å²) in [7, 11) is 0. The standard InChI is InChI=1S/C17H22N2O4S/c1-3-4-15(20)19-10-24-9-14(19)16(21)18-13-7-5-12(6-8-13)11(2)17(22)23/h5-8,11,14H,3-4,9-10H2,1-2H3,(H,18,21)(H,22,23). The first-order chi connectivity index (χ1) is 11.4. The van der Waals surface area contributed by atoms with Crippen LogP contribution in [0.1, 0.15) is 38.2 Å². The maximum Gasteiger partial charge on any atom is 0.310 e. The van der Waals surface area contributed by atoms with Crippen molar-refractivity contribution < 1.29 is 19.5 Å². The molecule has 1 saturated heterocycles. The zero-order valence-corrected chi connectivity index (χ0v) is 14.6. The summed E-state index contributed by atoms with van der Waals surface area (Å²) in [4.78, 5) is 37.1. The van der Waals surface area contributed by atoms with Crippen LogP contribution in [0.4, 0.5) is 5.69 Å². The summed E-state index contributed by atoms with van der Waals surface area (Å²) in [5.74, 6) is -0.541. The van der Waals surface area contributed by atoms with E-state index in [2.05, 4.69) is 5.32 Å². The minimum atomic E-state index is -0.889. The number of benzene rings is 1. The molecule has 0 radical (unpaired) electrons. The van der Waals surface area contributed by atoms with Crippen LogP contribution in [-0.2, 0) is 14.4 Å². The average Bonchev–Trinajstić information content (AvgIpc) is 3.05. The number of carbonyl (C=O) groups is 3. The monoisotopic (exact) mass is 350 g/mol. The van der Waals surface area contributed by atoms with Crippen molar-refractivity contribution in [2.75, 3.05) is 16.9 Å². The maximum atomic E-state index is 12.4. The number of nitrogens with zero attached hydrogens (tertiary/aromatic N) is 1. The van der Waals surface area contributed by atoms with Gasteiger partial charge in [-0.3, -0.25) is 14.4 Å². The van der Waals surface area contributed by atoms with E-state index in [0.29, 0.717) is 29.3 Å². The highest BCUT2D eigenvalue weighted by molar-refractivity contribution is 7.99. The minimum Gasteiger partial charge on any atom is -0.481 e. The number of thioether (sulfide) groups is 1. The van der Waals surface area contributed by atoms with Crippen molar-refractivity contribution in [3.63, 3.8) is 0 Å². The third-order valence-electron chi connectivity index (χ3n) is 4.02. The smallest absolute Gasteiger partial charge is 0.310 e. The van der Waals surface area contributed by atoms with Gasteiger partial charge in [0.05, 0.1) is 11.8 Å². The number of aliphatic carboxylic acids is 1. The Labute approximate surface area is 145 Å². The number of carboxylic acid groups (broad SMARTS) is 1. The van der Waals surface area contributed by atoms with Crippen molar-refractivity contribution in [1.82, 2.24) is 4.90 Å². The molecule has 1 aliphatic rings. The summed E-state index contributed by atoms with van der Waals surface area (Å²) < 4.78 is 0. The Morgan fingerprint density at radius 1 is 1.33 bits per heavy atom. The second-order valence-corrected chi connectivity index (χ2v) is 6.80. The lowest BCUT2D eigenvalue weighted by Gasteiger charge is -2.23. The molecule has 0 saturated carbocycles. The van der Waals surface area contributed by atoms with Crippen molar-refractivity contribution in [1.29, 1.82) is 0 Å². The normalized spacial score (nSPS) is 18.2. The molecule has 7 heteroatoms. The Morgan fingerprint density at radius 3 is 2.58 bits per heavy atom. The highest BCUT2D eigenvalue weighted by Gasteiger charge is 2.34.